The smallest absolute Gasteiger partial charge is 0.356 e. The normalized spacial score (nSPS) is 15.4. The lowest BCUT2D eigenvalue weighted by Crippen LogP contribution is -2.51. The number of carbonyl (C=O) groups is 1. The molecule has 4 rings (SSSR count). The molecule has 1 N–H and O–H groups in total. The third-order valence-electron chi connectivity index (χ3n) is 5.84. The van der Waals surface area contributed by atoms with Crippen LogP contribution in [0, 0.1) is 11.3 Å². The highest BCUT2D eigenvalue weighted by atomic mass is 35.5. The van der Waals surface area contributed by atoms with Gasteiger partial charge >= 0.3 is 18.0 Å². The molecular weight excluding hydrogens is 521 g/mol. The van der Waals surface area contributed by atoms with Crippen LogP contribution in [0.1, 0.15) is 28.9 Å². The number of aromatic nitrogens is 2. The van der Waals surface area contributed by atoms with Crippen molar-refractivity contribution in [2.24, 2.45) is 7.05 Å². The number of nitrogens with one attached hydrogen (secondary N) is 1. The van der Waals surface area contributed by atoms with Crippen LogP contribution >= 0.6 is 11.6 Å². The average molecular weight is 535 g/mol. The first-order valence-corrected chi connectivity index (χ1v) is 10.5. The van der Waals surface area contributed by atoms with Crippen molar-refractivity contribution in [3.05, 3.63) is 52.7 Å². The Labute approximate surface area is 203 Å². The van der Waals surface area contributed by atoms with Gasteiger partial charge in [-0.05, 0) is 43.2 Å². The molecule has 2 heterocycles. The van der Waals surface area contributed by atoms with Crippen molar-refractivity contribution in [2.75, 3.05) is 0 Å². The fraction of sp³-hybridized carbons (Fsp3) is 0.318. The molecule has 0 bridgehead atoms. The van der Waals surface area contributed by atoms with Crippen LogP contribution in [0.5, 0.6) is 0 Å². The summed E-state index contributed by atoms with van der Waals surface area (Å²) >= 11 is 6.10. The Morgan fingerprint density at radius 3 is 2.31 bits per heavy atom. The molecule has 36 heavy (non-hydrogen) atoms. The molecule has 3 aromatic rings. The number of benzene rings is 1. The Hall–Kier alpha value is -3.53. The van der Waals surface area contributed by atoms with E-state index in [-0.39, 0.29) is 33.3 Å². The molecule has 1 amide bonds. The van der Waals surface area contributed by atoms with Gasteiger partial charge in [-0.15, -0.1) is 0 Å². The number of hydrogen-bond donors (Lipinski definition) is 1. The van der Waals surface area contributed by atoms with E-state index in [0.29, 0.717) is 23.5 Å². The van der Waals surface area contributed by atoms with Crippen molar-refractivity contribution >= 4 is 17.5 Å². The fourth-order valence-electron chi connectivity index (χ4n) is 3.62. The second-order valence-corrected chi connectivity index (χ2v) is 8.64. The molecule has 0 spiro atoms. The highest BCUT2D eigenvalue weighted by Gasteiger charge is 2.74. The predicted octanol–water partition coefficient (Wildman–Crippen LogP) is 6.08. The Morgan fingerprint density at radius 1 is 1.11 bits per heavy atom. The van der Waals surface area contributed by atoms with Crippen LogP contribution < -0.4 is 5.32 Å². The van der Waals surface area contributed by atoms with Crippen LogP contribution in [0.15, 0.2) is 40.9 Å². The number of carbonyl (C=O) groups excluding carboxylic acids is 1. The molecule has 1 aliphatic carbocycles. The third kappa shape index (κ3) is 4.09. The first-order chi connectivity index (χ1) is 16.6. The molecular formula is C22H14ClF7N4O2. The Bertz CT molecular complexity index is 1370. The third-order valence-corrected chi connectivity index (χ3v) is 6.17. The van der Waals surface area contributed by atoms with Crippen LogP contribution in [0.25, 0.3) is 22.7 Å². The number of halogens is 8. The molecule has 1 saturated carbocycles. The van der Waals surface area contributed by atoms with E-state index in [9.17, 15) is 35.5 Å². The lowest BCUT2D eigenvalue weighted by Gasteiger charge is -2.30. The van der Waals surface area contributed by atoms with Crippen LogP contribution in [0.2, 0.25) is 5.02 Å². The van der Waals surface area contributed by atoms with Gasteiger partial charge in [0.15, 0.2) is 5.76 Å². The quantitative estimate of drug-likeness (QED) is 0.402. The average Bonchev–Trinajstić information content (AvgIpc) is 3.20. The molecule has 0 unspecified atom stereocenters. The maximum Gasteiger partial charge on any atom is 0.437 e. The number of hydrogen-bond acceptors (Lipinski definition) is 4. The molecule has 1 aliphatic rings. The minimum Gasteiger partial charge on any atom is -0.356 e. The molecule has 0 atom stereocenters. The first kappa shape index (κ1) is 25.6. The fourth-order valence-corrected chi connectivity index (χ4v) is 3.83. The van der Waals surface area contributed by atoms with E-state index in [1.807, 2.05) is 6.07 Å². The van der Waals surface area contributed by atoms with E-state index < -0.39 is 35.2 Å². The van der Waals surface area contributed by atoms with Gasteiger partial charge < -0.3 is 14.4 Å². The van der Waals surface area contributed by atoms with Gasteiger partial charge in [0.25, 0.3) is 5.91 Å². The zero-order valence-corrected chi connectivity index (χ0v) is 18.8. The van der Waals surface area contributed by atoms with Gasteiger partial charge in [-0.2, -0.15) is 31.6 Å². The zero-order valence-electron chi connectivity index (χ0n) is 18.1. The molecule has 2 aromatic heterocycles. The first-order valence-electron chi connectivity index (χ1n) is 10.1. The Balaban J connectivity index is 1.68. The highest BCUT2D eigenvalue weighted by molar-refractivity contribution is 6.34. The summed E-state index contributed by atoms with van der Waals surface area (Å²) in [6.07, 6.45) is -11.6. The maximum absolute atomic E-state index is 14.5. The molecule has 1 fully saturated rings. The van der Waals surface area contributed by atoms with Crippen LogP contribution in [-0.2, 0) is 12.7 Å². The maximum atomic E-state index is 14.5. The number of nitrogens with zero attached hydrogens (tertiary/aromatic N) is 3. The van der Waals surface area contributed by atoms with Gasteiger partial charge in [0.1, 0.15) is 11.2 Å². The summed E-state index contributed by atoms with van der Waals surface area (Å²) < 4.78 is 99.1. The Kier molecular flexibility index (Phi) is 5.87. The number of amides is 1. The second kappa shape index (κ2) is 8.26. The summed E-state index contributed by atoms with van der Waals surface area (Å²) in [6, 6.07) is 8.55. The molecule has 1 aromatic carbocycles. The molecule has 0 radical (unpaired) electrons. The van der Waals surface area contributed by atoms with Gasteiger partial charge in [0.05, 0.1) is 28.0 Å². The SMILES string of the molecule is Cn1c(-c2cc(-c3ccc(Cl)c(C(=O)NC4(C#N)CC4)c3)on2)ccc1C(F)(C(F)(F)F)C(F)(F)F. The summed E-state index contributed by atoms with van der Waals surface area (Å²) in [4.78, 5) is 12.6. The highest BCUT2D eigenvalue weighted by Crippen LogP contribution is 2.53. The number of nitriles is 1. The summed E-state index contributed by atoms with van der Waals surface area (Å²) in [7, 11) is 0.832. The topological polar surface area (TPSA) is 83.9 Å². The van der Waals surface area contributed by atoms with Crippen molar-refractivity contribution < 1.29 is 40.1 Å². The molecule has 0 aliphatic heterocycles. The summed E-state index contributed by atoms with van der Waals surface area (Å²) in [5.74, 6) is -0.621. The van der Waals surface area contributed by atoms with E-state index in [4.69, 9.17) is 21.4 Å². The van der Waals surface area contributed by atoms with E-state index in [2.05, 4.69) is 10.5 Å². The van der Waals surface area contributed by atoms with Crippen molar-refractivity contribution in [1.29, 1.82) is 5.26 Å². The summed E-state index contributed by atoms with van der Waals surface area (Å²) in [6.45, 7) is 0. The van der Waals surface area contributed by atoms with E-state index in [1.54, 1.807) is 0 Å². The van der Waals surface area contributed by atoms with Crippen molar-refractivity contribution in [2.45, 2.75) is 36.4 Å². The van der Waals surface area contributed by atoms with Gasteiger partial charge in [0.2, 0.25) is 0 Å². The predicted molar refractivity (Wildman–Crippen MR) is 111 cm³/mol. The van der Waals surface area contributed by atoms with E-state index >= 15 is 0 Å². The van der Waals surface area contributed by atoms with Gasteiger partial charge in [0, 0.05) is 18.7 Å². The lowest BCUT2D eigenvalue weighted by molar-refractivity contribution is -0.350. The van der Waals surface area contributed by atoms with Crippen LogP contribution in [-0.4, -0.2) is 33.5 Å². The Morgan fingerprint density at radius 2 is 1.75 bits per heavy atom. The van der Waals surface area contributed by atoms with Crippen LogP contribution in [0.3, 0.4) is 0 Å². The molecule has 190 valence electrons. The minimum atomic E-state index is -6.27. The van der Waals surface area contributed by atoms with Crippen molar-refractivity contribution in [1.82, 2.24) is 15.0 Å². The van der Waals surface area contributed by atoms with Gasteiger partial charge in [-0.1, -0.05) is 16.8 Å². The van der Waals surface area contributed by atoms with Crippen molar-refractivity contribution in [3.63, 3.8) is 0 Å². The molecule has 0 saturated heterocycles. The minimum absolute atomic E-state index is 0.00182. The molecule has 6 nitrogen and oxygen atoms in total. The lowest BCUT2D eigenvalue weighted by atomic mass is 10.0. The van der Waals surface area contributed by atoms with Gasteiger partial charge in [-0.3, -0.25) is 4.79 Å². The summed E-state index contributed by atoms with van der Waals surface area (Å²) in [5.41, 5.74) is -8.46. The van der Waals surface area contributed by atoms with E-state index in [1.165, 1.54) is 24.3 Å². The van der Waals surface area contributed by atoms with Crippen molar-refractivity contribution in [3.8, 4) is 28.8 Å². The second-order valence-electron chi connectivity index (χ2n) is 8.24. The number of rotatable bonds is 5. The van der Waals surface area contributed by atoms with Crippen LogP contribution in [0.4, 0.5) is 30.7 Å². The largest absolute Gasteiger partial charge is 0.437 e. The molecule has 14 heteroatoms. The zero-order chi connectivity index (χ0) is 26.7. The van der Waals surface area contributed by atoms with Gasteiger partial charge in [-0.25, -0.2) is 4.39 Å². The van der Waals surface area contributed by atoms with E-state index in [0.717, 1.165) is 13.1 Å². The standard InChI is InChI=1S/C22H14ClF7N4O2/c1-34-15(4-5-17(34)20(24,21(25,26)27)22(28,29)30)14-9-16(36-33-14)11-2-3-13(23)12(8-11)18(35)32-19(10-31)6-7-19/h2-5,8-9H,6-7H2,1H3,(H,32,35). The summed E-state index contributed by atoms with van der Waals surface area (Å²) in [5, 5.41) is 15.5. The monoisotopic (exact) mass is 534 g/mol. The number of alkyl halides is 7.